The lowest BCUT2D eigenvalue weighted by atomic mass is 10.1. The SMILES string of the molecule is CCCC[C@H](NC(=O)CC(C)S(=O)(=O)c1ccc(F)cc1)C(=O)O. The van der Waals surface area contributed by atoms with Gasteiger partial charge < -0.3 is 10.4 Å². The second-order valence-corrected chi connectivity index (χ2v) is 7.98. The highest BCUT2D eigenvalue weighted by Crippen LogP contribution is 2.18. The number of hydrogen-bond donors (Lipinski definition) is 2. The second kappa shape index (κ2) is 8.77. The highest BCUT2D eigenvalue weighted by atomic mass is 32.2. The molecule has 134 valence electrons. The van der Waals surface area contributed by atoms with Crippen molar-refractivity contribution in [1.29, 1.82) is 0 Å². The molecule has 1 amide bonds. The smallest absolute Gasteiger partial charge is 0.326 e. The van der Waals surface area contributed by atoms with Gasteiger partial charge in [0.2, 0.25) is 5.91 Å². The molecule has 0 radical (unpaired) electrons. The van der Waals surface area contributed by atoms with Gasteiger partial charge in [-0.05, 0) is 37.6 Å². The van der Waals surface area contributed by atoms with E-state index < -0.39 is 38.8 Å². The van der Waals surface area contributed by atoms with E-state index in [-0.39, 0.29) is 17.7 Å². The zero-order valence-corrected chi connectivity index (χ0v) is 14.5. The average molecular weight is 359 g/mol. The Morgan fingerprint density at radius 1 is 1.25 bits per heavy atom. The minimum atomic E-state index is -3.80. The number of unbranched alkanes of at least 4 members (excludes halogenated alkanes) is 1. The van der Waals surface area contributed by atoms with Crippen LogP contribution in [0.25, 0.3) is 0 Å². The van der Waals surface area contributed by atoms with Crippen LogP contribution in [0.3, 0.4) is 0 Å². The normalized spacial score (nSPS) is 14.0. The number of carboxylic acids is 1. The Labute approximate surface area is 141 Å². The van der Waals surface area contributed by atoms with Crippen LogP contribution < -0.4 is 5.32 Å². The molecule has 6 nitrogen and oxygen atoms in total. The number of halogens is 1. The Hall–Kier alpha value is -1.96. The molecule has 1 aromatic carbocycles. The van der Waals surface area contributed by atoms with E-state index in [4.69, 9.17) is 5.11 Å². The molecular formula is C16H22FNO5S. The summed E-state index contributed by atoms with van der Waals surface area (Å²) in [5.41, 5.74) is 0. The number of hydrogen-bond acceptors (Lipinski definition) is 4. The fourth-order valence-electron chi connectivity index (χ4n) is 2.15. The van der Waals surface area contributed by atoms with Crippen LogP contribution in [-0.4, -0.2) is 36.7 Å². The number of sulfone groups is 1. The van der Waals surface area contributed by atoms with Crippen molar-refractivity contribution < 1.29 is 27.5 Å². The first kappa shape index (κ1) is 20.1. The minimum Gasteiger partial charge on any atom is -0.480 e. The van der Waals surface area contributed by atoms with Gasteiger partial charge in [0.15, 0.2) is 9.84 Å². The van der Waals surface area contributed by atoms with Gasteiger partial charge in [-0.15, -0.1) is 0 Å². The predicted molar refractivity (Wildman–Crippen MR) is 86.8 cm³/mol. The Bertz CT molecular complexity index is 672. The van der Waals surface area contributed by atoms with Crippen molar-refractivity contribution in [3.8, 4) is 0 Å². The minimum absolute atomic E-state index is 0.0787. The third-order valence-electron chi connectivity index (χ3n) is 3.62. The van der Waals surface area contributed by atoms with E-state index in [1.54, 1.807) is 0 Å². The molecule has 24 heavy (non-hydrogen) atoms. The highest BCUT2D eigenvalue weighted by Gasteiger charge is 2.27. The molecule has 2 atom stereocenters. The van der Waals surface area contributed by atoms with Gasteiger partial charge >= 0.3 is 5.97 Å². The molecule has 0 aliphatic carbocycles. The zero-order valence-electron chi connectivity index (χ0n) is 13.7. The van der Waals surface area contributed by atoms with Crippen molar-refractivity contribution in [2.45, 2.75) is 55.7 Å². The van der Waals surface area contributed by atoms with Crippen LogP contribution in [0.5, 0.6) is 0 Å². The van der Waals surface area contributed by atoms with Gasteiger partial charge in [0, 0.05) is 6.42 Å². The summed E-state index contributed by atoms with van der Waals surface area (Å²) in [6, 6.07) is 3.31. The van der Waals surface area contributed by atoms with Gasteiger partial charge in [0.25, 0.3) is 0 Å². The van der Waals surface area contributed by atoms with Crippen molar-refractivity contribution in [2.24, 2.45) is 0 Å². The second-order valence-electron chi connectivity index (χ2n) is 5.61. The number of carboxylic acid groups (broad SMARTS) is 1. The molecule has 0 aliphatic heterocycles. The predicted octanol–water partition coefficient (Wildman–Crippen LogP) is 2.14. The maximum Gasteiger partial charge on any atom is 0.326 e. The van der Waals surface area contributed by atoms with Crippen LogP contribution in [0.4, 0.5) is 4.39 Å². The lowest BCUT2D eigenvalue weighted by Gasteiger charge is -2.17. The summed E-state index contributed by atoms with van der Waals surface area (Å²) >= 11 is 0. The lowest BCUT2D eigenvalue weighted by Crippen LogP contribution is -2.42. The van der Waals surface area contributed by atoms with Crippen LogP contribution in [0.1, 0.15) is 39.5 Å². The quantitative estimate of drug-likeness (QED) is 0.658. The fourth-order valence-corrected chi connectivity index (χ4v) is 3.50. The molecule has 0 saturated heterocycles. The van der Waals surface area contributed by atoms with Gasteiger partial charge in [0.1, 0.15) is 11.9 Å². The van der Waals surface area contributed by atoms with E-state index in [0.717, 1.165) is 30.7 Å². The van der Waals surface area contributed by atoms with Crippen molar-refractivity contribution in [3.05, 3.63) is 30.1 Å². The summed E-state index contributed by atoms with van der Waals surface area (Å²) in [6.07, 6.45) is 1.35. The largest absolute Gasteiger partial charge is 0.480 e. The van der Waals surface area contributed by atoms with E-state index in [1.165, 1.54) is 6.92 Å². The maximum atomic E-state index is 12.9. The number of nitrogens with one attached hydrogen (secondary N) is 1. The summed E-state index contributed by atoms with van der Waals surface area (Å²) in [6.45, 7) is 3.26. The van der Waals surface area contributed by atoms with Gasteiger partial charge in [0.05, 0.1) is 10.1 Å². The van der Waals surface area contributed by atoms with Crippen molar-refractivity contribution in [2.75, 3.05) is 0 Å². The van der Waals surface area contributed by atoms with E-state index in [0.29, 0.717) is 6.42 Å². The van der Waals surface area contributed by atoms with Gasteiger partial charge in [-0.1, -0.05) is 19.8 Å². The Balaban J connectivity index is 2.74. The number of amides is 1. The van der Waals surface area contributed by atoms with Crippen molar-refractivity contribution in [3.63, 3.8) is 0 Å². The summed E-state index contributed by atoms with van der Waals surface area (Å²) in [5, 5.41) is 10.4. The molecule has 1 aromatic rings. The van der Waals surface area contributed by atoms with Crippen molar-refractivity contribution in [1.82, 2.24) is 5.32 Å². The number of carbonyl (C=O) groups excluding carboxylic acids is 1. The van der Waals surface area contributed by atoms with Crippen LogP contribution in [0.15, 0.2) is 29.2 Å². The number of aliphatic carboxylic acids is 1. The first-order chi connectivity index (χ1) is 11.2. The standard InChI is InChI=1S/C16H22FNO5S/c1-3-4-5-14(16(20)21)18-15(19)10-11(2)24(22,23)13-8-6-12(17)7-9-13/h6-9,11,14H,3-5,10H2,1-2H3,(H,18,19)(H,20,21)/t11?,14-/m0/s1. The average Bonchev–Trinajstić information content (AvgIpc) is 2.51. The summed E-state index contributed by atoms with van der Waals surface area (Å²) in [7, 11) is -3.80. The Morgan fingerprint density at radius 2 is 1.83 bits per heavy atom. The molecule has 8 heteroatoms. The first-order valence-electron chi connectivity index (χ1n) is 7.70. The Kier molecular flexibility index (Phi) is 7.34. The van der Waals surface area contributed by atoms with Crippen LogP contribution >= 0.6 is 0 Å². The van der Waals surface area contributed by atoms with Gasteiger partial charge in [-0.2, -0.15) is 0 Å². The molecule has 0 fully saturated rings. The third kappa shape index (κ3) is 5.59. The molecule has 1 rings (SSSR count). The number of carbonyl (C=O) groups is 2. The molecule has 0 aromatic heterocycles. The molecule has 0 aliphatic rings. The fraction of sp³-hybridized carbons (Fsp3) is 0.500. The highest BCUT2D eigenvalue weighted by molar-refractivity contribution is 7.92. The number of benzene rings is 1. The third-order valence-corrected chi connectivity index (χ3v) is 5.78. The molecule has 0 saturated carbocycles. The molecule has 0 spiro atoms. The monoisotopic (exact) mass is 359 g/mol. The van der Waals surface area contributed by atoms with Gasteiger partial charge in [-0.25, -0.2) is 17.6 Å². The molecule has 2 N–H and O–H groups in total. The summed E-state index contributed by atoms with van der Waals surface area (Å²) in [5.74, 6) is -2.35. The van der Waals surface area contributed by atoms with E-state index >= 15 is 0 Å². The molecular weight excluding hydrogens is 337 g/mol. The van der Waals surface area contributed by atoms with E-state index in [9.17, 15) is 22.4 Å². The van der Waals surface area contributed by atoms with E-state index in [2.05, 4.69) is 5.32 Å². The lowest BCUT2D eigenvalue weighted by molar-refractivity contribution is -0.142. The van der Waals surface area contributed by atoms with Crippen molar-refractivity contribution >= 4 is 21.7 Å². The Morgan fingerprint density at radius 3 is 2.33 bits per heavy atom. The summed E-state index contributed by atoms with van der Waals surface area (Å²) in [4.78, 5) is 23.0. The first-order valence-corrected chi connectivity index (χ1v) is 9.24. The number of rotatable bonds is 9. The topological polar surface area (TPSA) is 101 Å². The van der Waals surface area contributed by atoms with Gasteiger partial charge in [-0.3, -0.25) is 4.79 Å². The van der Waals surface area contributed by atoms with Crippen LogP contribution in [-0.2, 0) is 19.4 Å². The molecule has 1 unspecified atom stereocenters. The van der Waals surface area contributed by atoms with Crippen LogP contribution in [0.2, 0.25) is 0 Å². The maximum absolute atomic E-state index is 12.9. The zero-order chi connectivity index (χ0) is 18.3. The van der Waals surface area contributed by atoms with E-state index in [1.807, 2.05) is 6.92 Å². The molecule has 0 heterocycles. The molecule has 0 bridgehead atoms. The van der Waals surface area contributed by atoms with Crippen LogP contribution in [0, 0.1) is 5.82 Å². The summed E-state index contributed by atoms with van der Waals surface area (Å²) < 4.78 is 37.6.